The van der Waals surface area contributed by atoms with E-state index in [0.717, 1.165) is 16.9 Å². The normalized spacial score (nSPS) is 11.5. The van der Waals surface area contributed by atoms with Crippen molar-refractivity contribution >= 4 is 17.9 Å². The van der Waals surface area contributed by atoms with Gasteiger partial charge in [0, 0.05) is 0 Å². The van der Waals surface area contributed by atoms with Gasteiger partial charge in [-0.25, -0.2) is 0 Å². The fourth-order valence-electron chi connectivity index (χ4n) is 1.86. The third-order valence-corrected chi connectivity index (χ3v) is 2.99. The molecule has 2 rings (SSSR count). The molecule has 0 aliphatic carbocycles. The summed E-state index contributed by atoms with van der Waals surface area (Å²) in [5.74, 6) is 0.719. The number of hydrogen-bond donors (Lipinski definition) is 0. The molecule has 0 amide bonds. The van der Waals surface area contributed by atoms with Crippen LogP contribution in [0.5, 0.6) is 5.75 Å². The van der Waals surface area contributed by atoms with Crippen LogP contribution in [0.2, 0.25) is 0 Å². The van der Waals surface area contributed by atoms with Gasteiger partial charge in [-0.15, -0.1) is 0 Å². The summed E-state index contributed by atoms with van der Waals surface area (Å²) in [6.45, 7) is 0. The first-order valence-corrected chi connectivity index (χ1v) is 7.04. The molecule has 110 valence electrons. The number of ketones is 1. The zero-order valence-electron chi connectivity index (χ0n) is 12.5. The summed E-state index contributed by atoms with van der Waals surface area (Å²) >= 11 is 0. The number of carbonyl (C=O) groups excluding carboxylic acids is 1. The van der Waals surface area contributed by atoms with Crippen molar-refractivity contribution in [1.82, 2.24) is 0 Å². The van der Waals surface area contributed by atoms with Gasteiger partial charge in [0.05, 0.1) is 7.11 Å². The molecule has 0 spiro atoms. The molecule has 22 heavy (non-hydrogen) atoms. The van der Waals surface area contributed by atoms with Crippen LogP contribution < -0.4 is 4.74 Å². The number of benzene rings is 2. The number of methoxy groups -OCH3 is 1. The van der Waals surface area contributed by atoms with Crippen molar-refractivity contribution in [2.24, 2.45) is 0 Å². The topological polar surface area (TPSA) is 26.3 Å². The van der Waals surface area contributed by atoms with Crippen LogP contribution in [-0.4, -0.2) is 12.9 Å². The average molecular weight is 290 g/mol. The minimum absolute atomic E-state index is 0.0551. The predicted octanol–water partition coefficient (Wildman–Crippen LogP) is 4.55. The molecule has 0 aromatic heterocycles. The Hall–Kier alpha value is -2.87. The Morgan fingerprint density at radius 1 is 0.864 bits per heavy atom. The van der Waals surface area contributed by atoms with Crippen molar-refractivity contribution < 1.29 is 9.53 Å². The molecule has 0 atom stereocenters. The van der Waals surface area contributed by atoms with E-state index in [2.05, 4.69) is 0 Å². The molecular formula is C20H18O2. The lowest BCUT2D eigenvalue weighted by atomic mass is 10.2. The molecule has 0 aliphatic rings. The minimum Gasteiger partial charge on any atom is -0.497 e. The van der Waals surface area contributed by atoms with Crippen molar-refractivity contribution in [2.45, 2.75) is 0 Å². The molecule has 0 saturated heterocycles. The van der Waals surface area contributed by atoms with Gasteiger partial charge in [-0.05, 0) is 35.4 Å². The van der Waals surface area contributed by atoms with Crippen LogP contribution in [0.15, 0.2) is 78.9 Å². The monoisotopic (exact) mass is 290 g/mol. The second kappa shape index (κ2) is 8.42. The first-order valence-electron chi connectivity index (χ1n) is 7.04. The highest BCUT2D eigenvalue weighted by molar-refractivity contribution is 6.02. The van der Waals surface area contributed by atoms with Gasteiger partial charge in [0.2, 0.25) is 0 Å². The molecule has 0 saturated carbocycles. The van der Waals surface area contributed by atoms with Gasteiger partial charge < -0.3 is 4.74 Å². The van der Waals surface area contributed by atoms with Crippen LogP contribution >= 0.6 is 0 Å². The Bertz CT molecular complexity index is 695. The predicted molar refractivity (Wildman–Crippen MR) is 91.7 cm³/mol. The molecule has 0 unspecified atom stereocenters. The Morgan fingerprint density at radius 3 is 2.41 bits per heavy atom. The lowest BCUT2D eigenvalue weighted by molar-refractivity contribution is -0.110. The van der Waals surface area contributed by atoms with Crippen LogP contribution in [0, 0.1) is 0 Å². The second-order valence-electron chi connectivity index (χ2n) is 4.64. The lowest BCUT2D eigenvalue weighted by Crippen LogP contribution is -1.85. The first kappa shape index (κ1) is 15.5. The Morgan fingerprint density at radius 2 is 1.64 bits per heavy atom. The summed E-state index contributed by atoms with van der Waals surface area (Å²) in [6, 6.07) is 17.5. The molecule has 0 radical (unpaired) electrons. The third-order valence-electron chi connectivity index (χ3n) is 2.99. The quantitative estimate of drug-likeness (QED) is 0.576. The number of ether oxygens (including phenoxy) is 1. The molecule has 0 fully saturated rings. The summed E-state index contributed by atoms with van der Waals surface area (Å²) in [7, 11) is 1.62. The van der Waals surface area contributed by atoms with Crippen molar-refractivity contribution in [3.05, 3.63) is 90.0 Å². The standard InChI is InChI=1S/C20H18O2/c1-22-20-13-7-11-18(16-20)14-15-19(21)12-6-5-10-17-8-3-2-4-9-17/h2-16H,1H3/b10-5-,12-6-,15-14-. The summed E-state index contributed by atoms with van der Waals surface area (Å²) in [5.41, 5.74) is 2.03. The highest BCUT2D eigenvalue weighted by Crippen LogP contribution is 2.13. The Labute approximate surface area is 131 Å². The SMILES string of the molecule is COc1cccc(/C=C\C(=O)/C=C\C=C/c2ccccc2)c1. The van der Waals surface area contributed by atoms with E-state index < -0.39 is 0 Å². The van der Waals surface area contributed by atoms with E-state index in [-0.39, 0.29) is 5.78 Å². The molecule has 0 heterocycles. The largest absolute Gasteiger partial charge is 0.497 e. The van der Waals surface area contributed by atoms with E-state index in [1.54, 1.807) is 25.3 Å². The smallest absolute Gasteiger partial charge is 0.178 e. The fraction of sp³-hybridized carbons (Fsp3) is 0.0500. The van der Waals surface area contributed by atoms with Gasteiger partial charge in [-0.3, -0.25) is 4.79 Å². The lowest BCUT2D eigenvalue weighted by Gasteiger charge is -1.99. The van der Waals surface area contributed by atoms with Crippen LogP contribution in [-0.2, 0) is 4.79 Å². The van der Waals surface area contributed by atoms with E-state index in [1.807, 2.05) is 66.7 Å². The summed E-state index contributed by atoms with van der Waals surface area (Å²) in [6.07, 6.45) is 10.4. The summed E-state index contributed by atoms with van der Waals surface area (Å²) in [4.78, 5) is 11.7. The molecular weight excluding hydrogens is 272 g/mol. The molecule has 2 heteroatoms. The third kappa shape index (κ3) is 5.25. The number of rotatable bonds is 6. The summed E-state index contributed by atoms with van der Waals surface area (Å²) < 4.78 is 5.14. The number of carbonyl (C=O) groups is 1. The highest BCUT2D eigenvalue weighted by atomic mass is 16.5. The maximum Gasteiger partial charge on any atom is 0.178 e. The van der Waals surface area contributed by atoms with E-state index >= 15 is 0 Å². The first-order chi connectivity index (χ1) is 10.8. The van der Waals surface area contributed by atoms with Gasteiger partial charge in [0.1, 0.15) is 5.75 Å². The van der Waals surface area contributed by atoms with Crippen LogP contribution in [0.4, 0.5) is 0 Å². The van der Waals surface area contributed by atoms with Crippen molar-refractivity contribution in [1.29, 1.82) is 0 Å². The molecule has 2 aromatic rings. The van der Waals surface area contributed by atoms with Gasteiger partial charge in [0.15, 0.2) is 5.78 Å². The second-order valence-corrected chi connectivity index (χ2v) is 4.64. The maximum atomic E-state index is 11.7. The molecule has 2 nitrogen and oxygen atoms in total. The van der Waals surface area contributed by atoms with E-state index in [9.17, 15) is 4.79 Å². The van der Waals surface area contributed by atoms with Crippen LogP contribution in [0.1, 0.15) is 11.1 Å². The van der Waals surface area contributed by atoms with Crippen LogP contribution in [0.25, 0.3) is 12.2 Å². The average Bonchev–Trinajstić information content (AvgIpc) is 2.58. The van der Waals surface area contributed by atoms with Gasteiger partial charge in [-0.2, -0.15) is 0 Å². The molecule has 0 bridgehead atoms. The highest BCUT2D eigenvalue weighted by Gasteiger charge is 1.93. The maximum absolute atomic E-state index is 11.7. The van der Waals surface area contributed by atoms with Crippen molar-refractivity contribution in [2.75, 3.05) is 7.11 Å². The zero-order valence-corrected chi connectivity index (χ0v) is 12.5. The minimum atomic E-state index is -0.0551. The molecule has 0 N–H and O–H groups in total. The van der Waals surface area contributed by atoms with Crippen LogP contribution in [0.3, 0.4) is 0 Å². The Balaban J connectivity index is 1.90. The van der Waals surface area contributed by atoms with E-state index in [0.29, 0.717) is 0 Å². The Kier molecular flexibility index (Phi) is 5.94. The van der Waals surface area contributed by atoms with Crippen molar-refractivity contribution in [3.63, 3.8) is 0 Å². The molecule has 2 aromatic carbocycles. The molecule has 0 aliphatic heterocycles. The van der Waals surface area contributed by atoms with Gasteiger partial charge >= 0.3 is 0 Å². The zero-order chi connectivity index (χ0) is 15.6. The van der Waals surface area contributed by atoms with E-state index in [1.165, 1.54) is 6.08 Å². The fourth-order valence-corrected chi connectivity index (χ4v) is 1.86. The van der Waals surface area contributed by atoms with E-state index in [4.69, 9.17) is 4.74 Å². The summed E-state index contributed by atoms with van der Waals surface area (Å²) in [5, 5.41) is 0. The van der Waals surface area contributed by atoms with Gasteiger partial charge in [0.25, 0.3) is 0 Å². The number of hydrogen-bond acceptors (Lipinski definition) is 2. The number of allylic oxidation sites excluding steroid dienone is 4. The van der Waals surface area contributed by atoms with Crippen molar-refractivity contribution in [3.8, 4) is 5.75 Å². The van der Waals surface area contributed by atoms with Gasteiger partial charge in [-0.1, -0.05) is 66.8 Å².